The number of piperidine rings is 1. The van der Waals surface area contributed by atoms with Gasteiger partial charge in [-0.05, 0) is 38.9 Å². The van der Waals surface area contributed by atoms with Crippen molar-refractivity contribution in [3.63, 3.8) is 0 Å². The monoisotopic (exact) mass is 341 g/mol. The molecule has 3 rings (SSSR count). The number of benzene rings is 1. The first-order valence-electron chi connectivity index (χ1n) is 9.06. The van der Waals surface area contributed by atoms with Crippen LogP contribution >= 0.6 is 0 Å². The van der Waals surface area contributed by atoms with Crippen molar-refractivity contribution >= 4 is 5.91 Å². The lowest BCUT2D eigenvalue weighted by atomic mass is 10.0. The van der Waals surface area contributed by atoms with E-state index in [0.717, 1.165) is 38.0 Å². The Morgan fingerprint density at radius 3 is 2.60 bits per heavy atom. The smallest absolute Gasteiger partial charge is 0.292 e. The third kappa shape index (κ3) is 4.28. The molecule has 0 aliphatic carbocycles. The molecule has 0 unspecified atom stereocenters. The van der Waals surface area contributed by atoms with Crippen molar-refractivity contribution in [2.24, 2.45) is 5.92 Å². The molecule has 1 aliphatic heterocycles. The van der Waals surface area contributed by atoms with Gasteiger partial charge in [0.25, 0.3) is 5.91 Å². The van der Waals surface area contributed by atoms with Gasteiger partial charge in [0.05, 0.1) is 0 Å². The summed E-state index contributed by atoms with van der Waals surface area (Å²) in [7, 11) is 2.13. The summed E-state index contributed by atoms with van der Waals surface area (Å²) in [5.41, 5.74) is 1.66. The molecule has 0 N–H and O–H groups in total. The van der Waals surface area contributed by atoms with Gasteiger partial charge in [-0.25, -0.2) is 0 Å². The SMILES string of the molecule is CC(C)CN(C(=O)c1cc(-c2ccccc2)no1)C1CCN(C)CC1. The Morgan fingerprint density at radius 1 is 1.28 bits per heavy atom. The predicted molar refractivity (Wildman–Crippen MR) is 98.3 cm³/mol. The van der Waals surface area contributed by atoms with E-state index in [0.29, 0.717) is 17.4 Å². The van der Waals surface area contributed by atoms with Crippen LogP contribution in [0.15, 0.2) is 40.9 Å². The van der Waals surface area contributed by atoms with Gasteiger partial charge in [0.1, 0.15) is 5.69 Å². The van der Waals surface area contributed by atoms with E-state index in [-0.39, 0.29) is 11.9 Å². The standard InChI is InChI=1S/C20H27N3O2/c1-15(2)14-23(17-9-11-22(3)12-10-17)20(24)19-13-18(21-25-19)16-7-5-4-6-8-16/h4-8,13,15,17H,9-12,14H2,1-3H3. The molecule has 134 valence electrons. The molecule has 2 aromatic rings. The molecular weight excluding hydrogens is 314 g/mol. The van der Waals surface area contributed by atoms with E-state index < -0.39 is 0 Å². The van der Waals surface area contributed by atoms with Gasteiger partial charge >= 0.3 is 0 Å². The van der Waals surface area contributed by atoms with Crippen molar-refractivity contribution in [3.8, 4) is 11.3 Å². The second kappa shape index (κ2) is 7.83. The van der Waals surface area contributed by atoms with E-state index in [1.54, 1.807) is 6.07 Å². The second-order valence-electron chi connectivity index (χ2n) is 7.33. The molecule has 2 heterocycles. The normalized spacial score (nSPS) is 16.3. The highest BCUT2D eigenvalue weighted by atomic mass is 16.5. The minimum absolute atomic E-state index is 0.0436. The fourth-order valence-electron chi connectivity index (χ4n) is 3.36. The van der Waals surface area contributed by atoms with Crippen LogP contribution in [0.3, 0.4) is 0 Å². The molecule has 1 aliphatic rings. The maximum Gasteiger partial charge on any atom is 0.292 e. The molecule has 1 aromatic heterocycles. The minimum atomic E-state index is -0.0436. The summed E-state index contributed by atoms with van der Waals surface area (Å²) in [6, 6.07) is 11.8. The van der Waals surface area contributed by atoms with Gasteiger partial charge in [0.15, 0.2) is 0 Å². The Labute approximate surface area is 149 Å². The molecule has 1 saturated heterocycles. The number of nitrogens with zero attached hydrogens (tertiary/aromatic N) is 3. The van der Waals surface area contributed by atoms with Crippen molar-refractivity contribution in [1.29, 1.82) is 0 Å². The zero-order valence-corrected chi connectivity index (χ0v) is 15.3. The molecule has 5 nitrogen and oxygen atoms in total. The number of hydrogen-bond donors (Lipinski definition) is 0. The molecule has 0 bridgehead atoms. The van der Waals surface area contributed by atoms with Crippen molar-refractivity contribution in [2.75, 3.05) is 26.7 Å². The van der Waals surface area contributed by atoms with Gasteiger partial charge in [-0.2, -0.15) is 0 Å². The summed E-state index contributed by atoms with van der Waals surface area (Å²) in [6.45, 7) is 7.08. The van der Waals surface area contributed by atoms with Gasteiger partial charge in [0.2, 0.25) is 5.76 Å². The van der Waals surface area contributed by atoms with Gasteiger partial charge in [-0.15, -0.1) is 0 Å². The van der Waals surface area contributed by atoms with E-state index in [1.165, 1.54) is 0 Å². The van der Waals surface area contributed by atoms with Gasteiger partial charge in [-0.1, -0.05) is 49.3 Å². The molecule has 1 aromatic carbocycles. The number of likely N-dealkylation sites (tertiary alicyclic amines) is 1. The first-order chi connectivity index (χ1) is 12.0. The summed E-state index contributed by atoms with van der Waals surface area (Å²) in [4.78, 5) is 17.4. The van der Waals surface area contributed by atoms with Crippen molar-refractivity contribution in [1.82, 2.24) is 15.0 Å². The third-order valence-corrected chi connectivity index (χ3v) is 4.74. The Bertz CT molecular complexity index is 688. The molecule has 0 atom stereocenters. The summed E-state index contributed by atoms with van der Waals surface area (Å²) in [6.07, 6.45) is 2.02. The zero-order chi connectivity index (χ0) is 17.8. The predicted octanol–water partition coefficient (Wildman–Crippen LogP) is 3.53. The lowest BCUT2D eigenvalue weighted by Crippen LogP contribution is -2.47. The van der Waals surface area contributed by atoms with Gasteiger partial charge < -0.3 is 14.3 Å². The van der Waals surface area contributed by atoms with Crippen LogP contribution in [-0.2, 0) is 0 Å². The van der Waals surface area contributed by atoms with Crippen LogP contribution < -0.4 is 0 Å². The number of aromatic nitrogens is 1. The highest BCUT2D eigenvalue weighted by molar-refractivity contribution is 5.92. The van der Waals surface area contributed by atoms with Crippen LogP contribution in [0, 0.1) is 5.92 Å². The molecule has 0 saturated carbocycles. The van der Waals surface area contributed by atoms with E-state index >= 15 is 0 Å². The summed E-state index contributed by atoms with van der Waals surface area (Å²) >= 11 is 0. The van der Waals surface area contributed by atoms with Crippen LogP contribution in [0.5, 0.6) is 0 Å². The topological polar surface area (TPSA) is 49.6 Å². The minimum Gasteiger partial charge on any atom is -0.350 e. The first-order valence-corrected chi connectivity index (χ1v) is 9.06. The third-order valence-electron chi connectivity index (χ3n) is 4.74. The highest BCUT2D eigenvalue weighted by Crippen LogP contribution is 2.23. The summed E-state index contributed by atoms with van der Waals surface area (Å²) in [5, 5.41) is 4.10. The van der Waals surface area contributed by atoms with Crippen LogP contribution in [-0.4, -0.2) is 53.6 Å². The van der Waals surface area contributed by atoms with E-state index in [9.17, 15) is 4.79 Å². The van der Waals surface area contributed by atoms with Crippen molar-refractivity contribution in [3.05, 3.63) is 42.2 Å². The van der Waals surface area contributed by atoms with E-state index in [2.05, 4.69) is 31.0 Å². The molecule has 0 radical (unpaired) electrons. The lowest BCUT2D eigenvalue weighted by molar-refractivity contribution is 0.0519. The highest BCUT2D eigenvalue weighted by Gasteiger charge is 2.30. The summed E-state index contributed by atoms with van der Waals surface area (Å²) < 4.78 is 5.40. The van der Waals surface area contributed by atoms with Crippen molar-refractivity contribution in [2.45, 2.75) is 32.7 Å². The number of amides is 1. The molecular formula is C20H27N3O2. The van der Waals surface area contributed by atoms with Crippen LogP contribution in [0.2, 0.25) is 0 Å². The van der Waals surface area contributed by atoms with Crippen molar-refractivity contribution < 1.29 is 9.32 Å². The molecule has 0 spiro atoms. The average molecular weight is 341 g/mol. The van der Waals surface area contributed by atoms with Gasteiger partial charge in [-0.3, -0.25) is 4.79 Å². The second-order valence-corrected chi connectivity index (χ2v) is 7.33. The van der Waals surface area contributed by atoms with E-state index in [1.807, 2.05) is 35.2 Å². The Morgan fingerprint density at radius 2 is 1.96 bits per heavy atom. The van der Waals surface area contributed by atoms with Gasteiger partial charge in [0, 0.05) is 24.2 Å². The quantitative estimate of drug-likeness (QED) is 0.835. The Kier molecular flexibility index (Phi) is 5.53. The number of carbonyl (C=O) groups is 1. The van der Waals surface area contributed by atoms with Crippen LogP contribution in [0.1, 0.15) is 37.2 Å². The zero-order valence-electron chi connectivity index (χ0n) is 15.3. The molecule has 1 fully saturated rings. The summed E-state index contributed by atoms with van der Waals surface area (Å²) in [5.74, 6) is 0.705. The fourth-order valence-corrected chi connectivity index (χ4v) is 3.36. The average Bonchev–Trinajstić information content (AvgIpc) is 3.11. The Hall–Kier alpha value is -2.14. The molecule has 25 heavy (non-hydrogen) atoms. The Balaban J connectivity index is 1.79. The fraction of sp³-hybridized carbons (Fsp3) is 0.500. The largest absolute Gasteiger partial charge is 0.350 e. The van der Waals surface area contributed by atoms with Crippen LogP contribution in [0.4, 0.5) is 0 Å². The molecule has 1 amide bonds. The number of carbonyl (C=O) groups excluding carboxylic acids is 1. The van der Waals surface area contributed by atoms with E-state index in [4.69, 9.17) is 4.52 Å². The lowest BCUT2D eigenvalue weighted by Gasteiger charge is -2.37. The van der Waals surface area contributed by atoms with Crippen LogP contribution in [0.25, 0.3) is 11.3 Å². The molecule has 5 heteroatoms. The first kappa shape index (κ1) is 17.7. The maximum atomic E-state index is 13.1. The number of rotatable bonds is 5. The maximum absolute atomic E-state index is 13.1. The number of hydrogen-bond acceptors (Lipinski definition) is 4.